The fraction of sp³-hybridized carbons (Fsp3) is 0.304. The van der Waals surface area contributed by atoms with Crippen LogP contribution < -0.4 is 19.5 Å². The van der Waals surface area contributed by atoms with Crippen LogP contribution in [0.15, 0.2) is 42.5 Å². The third kappa shape index (κ3) is 5.53. The van der Waals surface area contributed by atoms with Crippen LogP contribution in [-0.2, 0) is 14.3 Å². The lowest BCUT2D eigenvalue weighted by Crippen LogP contribution is -2.29. The van der Waals surface area contributed by atoms with Gasteiger partial charge >= 0.3 is 5.97 Å². The number of hydrogen-bond donors (Lipinski definition) is 1. The van der Waals surface area contributed by atoms with E-state index in [1.807, 2.05) is 19.1 Å². The molecule has 7 heteroatoms. The molecule has 1 N–H and O–H groups in total. The lowest BCUT2D eigenvalue weighted by molar-refractivity contribution is -0.148. The summed E-state index contributed by atoms with van der Waals surface area (Å²) in [6, 6.07) is 10.8. The van der Waals surface area contributed by atoms with Crippen molar-refractivity contribution in [1.29, 1.82) is 0 Å². The fourth-order valence-electron chi connectivity index (χ4n) is 2.87. The van der Waals surface area contributed by atoms with Crippen molar-refractivity contribution in [2.24, 2.45) is 0 Å². The number of carbonyl (C=O) groups excluding carboxylic acids is 2. The molecule has 0 spiro atoms. The highest BCUT2D eigenvalue weighted by Gasteiger charge is 2.18. The average Bonchev–Trinajstić information content (AvgIpc) is 2.97. The number of esters is 1. The molecule has 30 heavy (non-hydrogen) atoms. The topological polar surface area (TPSA) is 83.1 Å². The largest absolute Gasteiger partial charge is 0.495 e. The van der Waals surface area contributed by atoms with Crippen molar-refractivity contribution in [1.82, 2.24) is 0 Å². The van der Waals surface area contributed by atoms with Gasteiger partial charge in [0.15, 0.2) is 17.6 Å². The maximum absolute atomic E-state index is 12.4. The summed E-state index contributed by atoms with van der Waals surface area (Å²) >= 11 is 0. The van der Waals surface area contributed by atoms with E-state index in [1.165, 1.54) is 20.1 Å². The van der Waals surface area contributed by atoms with E-state index in [0.29, 0.717) is 36.1 Å². The van der Waals surface area contributed by atoms with Crippen LogP contribution in [0.5, 0.6) is 17.2 Å². The summed E-state index contributed by atoms with van der Waals surface area (Å²) in [5.74, 6) is 0.783. The van der Waals surface area contributed by atoms with E-state index >= 15 is 0 Å². The zero-order chi connectivity index (χ0) is 21.5. The third-order valence-electron chi connectivity index (χ3n) is 4.46. The first-order chi connectivity index (χ1) is 14.5. The Morgan fingerprint density at radius 1 is 1.10 bits per heavy atom. The van der Waals surface area contributed by atoms with E-state index < -0.39 is 18.0 Å². The minimum Gasteiger partial charge on any atom is -0.495 e. The molecule has 1 amide bonds. The molecule has 0 aromatic heterocycles. The molecule has 0 aliphatic carbocycles. The van der Waals surface area contributed by atoms with Crippen molar-refractivity contribution >= 4 is 23.6 Å². The van der Waals surface area contributed by atoms with E-state index in [0.717, 1.165) is 17.5 Å². The van der Waals surface area contributed by atoms with Crippen molar-refractivity contribution in [2.75, 3.05) is 25.6 Å². The Bertz CT molecular complexity index is 953. The first kappa shape index (κ1) is 21.2. The number of ether oxygens (including phenoxy) is 4. The minimum atomic E-state index is -0.976. The molecule has 0 unspecified atom stereocenters. The van der Waals surface area contributed by atoms with Gasteiger partial charge in [-0.25, -0.2) is 4.79 Å². The van der Waals surface area contributed by atoms with Crippen molar-refractivity contribution in [3.63, 3.8) is 0 Å². The molecule has 1 heterocycles. The molecule has 1 aliphatic heterocycles. The number of fused-ring (bicyclic) bond motifs is 1. The molecule has 7 nitrogen and oxygen atoms in total. The van der Waals surface area contributed by atoms with Gasteiger partial charge in [0.1, 0.15) is 5.75 Å². The number of methoxy groups -OCH3 is 1. The first-order valence-electron chi connectivity index (χ1n) is 9.70. The normalized spacial score (nSPS) is 14.0. The summed E-state index contributed by atoms with van der Waals surface area (Å²) < 4.78 is 21.7. The summed E-state index contributed by atoms with van der Waals surface area (Å²) in [5, 5.41) is 2.73. The molecule has 0 saturated heterocycles. The monoisotopic (exact) mass is 411 g/mol. The standard InChI is InChI=1S/C23H25NO6/c1-15-5-8-19(27-3)18(13-15)24-23(26)16(2)30-22(25)10-7-17-6-9-20-21(14-17)29-12-4-11-28-20/h5-10,13-14,16H,4,11-12H2,1-3H3,(H,24,26)/b10-7+/t16-/m0/s1. The lowest BCUT2D eigenvalue weighted by Gasteiger charge is -2.15. The van der Waals surface area contributed by atoms with E-state index in [1.54, 1.807) is 30.3 Å². The van der Waals surface area contributed by atoms with Gasteiger partial charge < -0.3 is 24.3 Å². The van der Waals surface area contributed by atoms with Crippen LogP contribution in [0.25, 0.3) is 6.08 Å². The highest BCUT2D eigenvalue weighted by atomic mass is 16.5. The van der Waals surface area contributed by atoms with Crippen LogP contribution in [0.3, 0.4) is 0 Å². The molecule has 2 aromatic carbocycles. The van der Waals surface area contributed by atoms with Crippen LogP contribution in [0, 0.1) is 6.92 Å². The Kier molecular flexibility index (Phi) is 6.95. The van der Waals surface area contributed by atoms with Gasteiger partial charge in [0.2, 0.25) is 0 Å². The number of rotatable bonds is 6. The van der Waals surface area contributed by atoms with Crippen LogP contribution in [-0.4, -0.2) is 38.3 Å². The lowest BCUT2D eigenvalue weighted by atomic mass is 10.2. The fourth-order valence-corrected chi connectivity index (χ4v) is 2.87. The second kappa shape index (κ2) is 9.82. The van der Waals surface area contributed by atoms with Gasteiger partial charge in [0, 0.05) is 12.5 Å². The second-order valence-corrected chi connectivity index (χ2v) is 6.86. The van der Waals surface area contributed by atoms with Gasteiger partial charge in [-0.2, -0.15) is 0 Å². The molecule has 0 bridgehead atoms. The number of anilines is 1. The van der Waals surface area contributed by atoms with Crippen LogP contribution in [0.2, 0.25) is 0 Å². The number of nitrogens with one attached hydrogen (secondary N) is 1. The van der Waals surface area contributed by atoms with Gasteiger partial charge in [-0.15, -0.1) is 0 Å². The van der Waals surface area contributed by atoms with Gasteiger partial charge in [-0.3, -0.25) is 4.79 Å². The van der Waals surface area contributed by atoms with Crippen molar-refractivity contribution in [2.45, 2.75) is 26.4 Å². The Hall–Kier alpha value is -3.48. The SMILES string of the molecule is COc1ccc(C)cc1NC(=O)[C@H](C)OC(=O)/C=C/c1ccc2c(c1)OCCCO2. The second-order valence-electron chi connectivity index (χ2n) is 6.86. The van der Waals surface area contributed by atoms with E-state index in [4.69, 9.17) is 18.9 Å². The molecule has 1 atom stereocenters. The van der Waals surface area contributed by atoms with Gasteiger partial charge in [0.25, 0.3) is 5.91 Å². The van der Waals surface area contributed by atoms with E-state index in [2.05, 4.69) is 5.32 Å². The quantitative estimate of drug-likeness (QED) is 0.576. The Labute approximate surface area is 175 Å². The highest BCUT2D eigenvalue weighted by molar-refractivity contribution is 5.97. The van der Waals surface area contributed by atoms with Crippen LogP contribution in [0.1, 0.15) is 24.5 Å². The summed E-state index contributed by atoms with van der Waals surface area (Å²) in [4.78, 5) is 24.5. The molecule has 158 valence electrons. The molecule has 3 rings (SSSR count). The molecular weight excluding hydrogens is 386 g/mol. The van der Waals surface area contributed by atoms with E-state index in [9.17, 15) is 9.59 Å². The Balaban J connectivity index is 1.58. The number of hydrogen-bond acceptors (Lipinski definition) is 6. The van der Waals surface area contributed by atoms with Crippen molar-refractivity contribution in [3.05, 3.63) is 53.6 Å². The molecular formula is C23H25NO6. The molecule has 0 saturated carbocycles. The Morgan fingerprint density at radius 2 is 1.87 bits per heavy atom. The maximum atomic E-state index is 12.4. The van der Waals surface area contributed by atoms with Crippen molar-refractivity contribution in [3.8, 4) is 17.2 Å². The number of carbonyl (C=O) groups is 2. The molecule has 0 fully saturated rings. The molecule has 0 radical (unpaired) electrons. The highest BCUT2D eigenvalue weighted by Crippen LogP contribution is 2.30. The predicted octanol–water partition coefficient (Wildman–Crippen LogP) is 3.75. The van der Waals surface area contributed by atoms with Crippen LogP contribution >= 0.6 is 0 Å². The van der Waals surface area contributed by atoms with Gasteiger partial charge in [-0.05, 0) is 55.3 Å². The summed E-state index contributed by atoms with van der Waals surface area (Å²) in [5.41, 5.74) is 2.25. The summed E-state index contributed by atoms with van der Waals surface area (Å²) in [7, 11) is 1.52. The Morgan fingerprint density at radius 3 is 2.63 bits per heavy atom. The number of amides is 1. The van der Waals surface area contributed by atoms with Crippen LogP contribution in [0.4, 0.5) is 5.69 Å². The smallest absolute Gasteiger partial charge is 0.331 e. The zero-order valence-electron chi connectivity index (χ0n) is 17.3. The first-order valence-corrected chi connectivity index (χ1v) is 9.70. The zero-order valence-corrected chi connectivity index (χ0v) is 17.3. The molecule has 2 aromatic rings. The summed E-state index contributed by atoms with van der Waals surface area (Å²) in [6.45, 7) is 4.61. The van der Waals surface area contributed by atoms with Gasteiger partial charge in [0.05, 0.1) is 26.0 Å². The molecule has 1 aliphatic rings. The van der Waals surface area contributed by atoms with Gasteiger partial charge in [-0.1, -0.05) is 12.1 Å². The average molecular weight is 411 g/mol. The number of aryl methyl sites for hydroxylation is 1. The predicted molar refractivity (Wildman–Crippen MR) is 113 cm³/mol. The summed E-state index contributed by atoms with van der Waals surface area (Å²) in [6.07, 6.45) is 2.72. The maximum Gasteiger partial charge on any atom is 0.331 e. The minimum absolute atomic E-state index is 0.448. The third-order valence-corrected chi connectivity index (χ3v) is 4.46. The number of benzene rings is 2. The van der Waals surface area contributed by atoms with Crippen molar-refractivity contribution < 1.29 is 28.5 Å². The van der Waals surface area contributed by atoms with E-state index in [-0.39, 0.29) is 0 Å².